The molecule has 1 fully saturated rings. The van der Waals surface area contributed by atoms with Crippen molar-refractivity contribution in [2.75, 3.05) is 13.7 Å². The van der Waals surface area contributed by atoms with E-state index >= 15 is 0 Å². The van der Waals surface area contributed by atoms with Gasteiger partial charge in [0.05, 0.1) is 13.2 Å². The molecule has 0 aromatic carbocycles. The summed E-state index contributed by atoms with van der Waals surface area (Å²) >= 11 is 0. The molecule has 8 nitrogen and oxygen atoms in total. The Bertz CT molecular complexity index is 588. The zero-order valence-corrected chi connectivity index (χ0v) is 11.0. The number of nitrogens with two attached hydrogens (primary N) is 1. The lowest BCUT2D eigenvalue weighted by molar-refractivity contribution is 0.0307. The molecule has 2 aromatic heterocycles. The Balaban J connectivity index is 1.79. The van der Waals surface area contributed by atoms with Gasteiger partial charge in [0.25, 0.3) is 5.89 Å². The molecule has 0 saturated carbocycles. The van der Waals surface area contributed by atoms with Gasteiger partial charge in [-0.2, -0.15) is 4.98 Å². The van der Waals surface area contributed by atoms with Crippen LogP contribution in [0.25, 0.3) is 11.5 Å². The van der Waals surface area contributed by atoms with Crippen molar-refractivity contribution in [1.82, 2.24) is 20.1 Å². The van der Waals surface area contributed by atoms with Gasteiger partial charge in [-0.1, -0.05) is 5.16 Å². The molecule has 2 N–H and O–H groups in total. The van der Waals surface area contributed by atoms with Gasteiger partial charge in [-0.15, -0.1) is 0 Å². The van der Waals surface area contributed by atoms with Crippen LogP contribution in [0.15, 0.2) is 16.9 Å². The second-order valence-electron chi connectivity index (χ2n) is 4.46. The lowest BCUT2D eigenvalue weighted by Gasteiger charge is -2.07. The maximum absolute atomic E-state index is 5.71. The molecule has 3 rings (SSSR count). The van der Waals surface area contributed by atoms with Crippen LogP contribution in [0, 0.1) is 0 Å². The van der Waals surface area contributed by atoms with Crippen LogP contribution in [-0.2, 0) is 4.74 Å². The average Bonchev–Trinajstić information content (AvgIpc) is 3.15. The number of ether oxygens (including phenoxy) is 2. The quantitative estimate of drug-likeness (QED) is 0.870. The van der Waals surface area contributed by atoms with Gasteiger partial charge in [-0.25, -0.2) is 9.97 Å². The Morgan fingerprint density at radius 1 is 1.40 bits per heavy atom. The van der Waals surface area contributed by atoms with Crippen LogP contribution in [0.3, 0.4) is 0 Å². The maximum Gasteiger partial charge on any atom is 0.256 e. The van der Waals surface area contributed by atoms with Crippen molar-refractivity contribution in [2.45, 2.75) is 25.0 Å². The summed E-state index contributed by atoms with van der Waals surface area (Å²) in [5.74, 6) is 1.29. The highest BCUT2D eigenvalue weighted by Crippen LogP contribution is 2.32. The highest BCUT2D eigenvalue weighted by Gasteiger charge is 2.30. The van der Waals surface area contributed by atoms with Crippen LogP contribution in [0.1, 0.15) is 24.8 Å². The van der Waals surface area contributed by atoms with Gasteiger partial charge in [0.2, 0.25) is 11.7 Å². The van der Waals surface area contributed by atoms with Gasteiger partial charge >= 0.3 is 0 Å². The van der Waals surface area contributed by atoms with E-state index in [2.05, 4.69) is 20.1 Å². The van der Waals surface area contributed by atoms with E-state index < -0.39 is 0 Å². The third-order valence-electron chi connectivity index (χ3n) is 3.17. The Kier molecular flexibility index (Phi) is 3.57. The van der Waals surface area contributed by atoms with Crippen LogP contribution < -0.4 is 10.5 Å². The average molecular weight is 277 g/mol. The molecule has 106 valence electrons. The molecule has 8 heteroatoms. The minimum absolute atomic E-state index is 0.0643. The standard InChI is InChI=1S/C12H15N5O3/c1-18-10-4-8(14-6-15-10)11-16-12(20-17-11)9-3-2-7(5-13)19-9/h4,6-7,9H,2-3,5,13H2,1H3. The van der Waals surface area contributed by atoms with Crippen molar-refractivity contribution in [1.29, 1.82) is 0 Å². The smallest absolute Gasteiger partial charge is 0.256 e. The normalized spacial score (nSPS) is 22.1. The molecule has 2 atom stereocenters. The molecule has 0 radical (unpaired) electrons. The summed E-state index contributed by atoms with van der Waals surface area (Å²) in [4.78, 5) is 12.3. The summed E-state index contributed by atoms with van der Waals surface area (Å²) in [6, 6.07) is 1.65. The topological polar surface area (TPSA) is 109 Å². The van der Waals surface area contributed by atoms with Gasteiger partial charge in [0.15, 0.2) is 0 Å². The monoisotopic (exact) mass is 277 g/mol. The highest BCUT2D eigenvalue weighted by atomic mass is 16.5. The third kappa shape index (κ3) is 2.47. The Morgan fingerprint density at radius 2 is 2.30 bits per heavy atom. The maximum atomic E-state index is 5.71. The lowest BCUT2D eigenvalue weighted by atomic mass is 10.2. The van der Waals surface area contributed by atoms with E-state index in [4.69, 9.17) is 19.7 Å². The molecular weight excluding hydrogens is 262 g/mol. The van der Waals surface area contributed by atoms with E-state index in [0.717, 1.165) is 12.8 Å². The molecule has 2 unspecified atom stereocenters. The first-order valence-corrected chi connectivity index (χ1v) is 6.35. The minimum Gasteiger partial charge on any atom is -0.481 e. The fourth-order valence-electron chi connectivity index (χ4n) is 2.10. The second kappa shape index (κ2) is 5.51. The molecule has 0 aliphatic carbocycles. The number of methoxy groups -OCH3 is 1. The van der Waals surface area contributed by atoms with E-state index in [1.165, 1.54) is 13.4 Å². The number of hydrogen-bond acceptors (Lipinski definition) is 8. The summed E-state index contributed by atoms with van der Waals surface area (Å²) < 4.78 is 16.0. The van der Waals surface area contributed by atoms with Crippen LogP contribution in [0.5, 0.6) is 5.88 Å². The minimum atomic E-state index is -0.187. The van der Waals surface area contributed by atoms with E-state index in [1.807, 2.05) is 0 Å². The third-order valence-corrected chi connectivity index (χ3v) is 3.17. The SMILES string of the molecule is COc1cc(-c2noc(C3CCC(CN)O3)n2)ncn1. The summed E-state index contributed by atoms with van der Waals surface area (Å²) in [5.41, 5.74) is 6.12. The van der Waals surface area contributed by atoms with E-state index in [-0.39, 0.29) is 12.2 Å². The molecule has 0 amide bonds. The van der Waals surface area contributed by atoms with Crippen molar-refractivity contribution in [3.05, 3.63) is 18.3 Å². The van der Waals surface area contributed by atoms with Gasteiger partial charge in [0, 0.05) is 12.6 Å². The fourth-order valence-corrected chi connectivity index (χ4v) is 2.10. The van der Waals surface area contributed by atoms with Crippen molar-refractivity contribution >= 4 is 0 Å². The van der Waals surface area contributed by atoms with Gasteiger partial charge in [-0.05, 0) is 12.8 Å². The molecular formula is C12H15N5O3. The van der Waals surface area contributed by atoms with Crippen molar-refractivity contribution < 1.29 is 14.0 Å². The Morgan fingerprint density at radius 3 is 3.05 bits per heavy atom. The number of hydrogen-bond donors (Lipinski definition) is 1. The van der Waals surface area contributed by atoms with Crippen molar-refractivity contribution in [3.8, 4) is 17.4 Å². The first kappa shape index (κ1) is 12.9. The number of nitrogens with zero attached hydrogens (tertiary/aromatic N) is 4. The largest absolute Gasteiger partial charge is 0.481 e. The molecule has 2 aromatic rings. The number of aromatic nitrogens is 4. The van der Waals surface area contributed by atoms with E-state index in [9.17, 15) is 0 Å². The van der Waals surface area contributed by atoms with E-state index in [0.29, 0.717) is 29.8 Å². The molecule has 1 saturated heterocycles. The predicted molar refractivity (Wildman–Crippen MR) is 67.8 cm³/mol. The molecule has 0 spiro atoms. The van der Waals surface area contributed by atoms with Gasteiger partial charge in [0.1, 0.15) is 18.1 Å². The zero-order chi connectivity index (χ0) is 13.9. The summed E-state index contributed by atoms with van der Waals surface area (Å²) in [6.45, 7) is 0.501. The zero-order valence-electron chi connectivity index (χ0n) is 11.0. The molecule has 1 aliphatic rings. The van der Waals surface area contributed by atoms with Crippen LogP contribution in [0.4, 0.5) is 0 Å². The first-order valence-electron chi connectivity index (χ1n) is 6.35. The van der Waals surface area contributed by atoms with Crippen LogP contribution >= 0.6 is 0 Å². The van der Waals surface area contributed by atoms with Crippen LogP contribution in [0.2, 0.25) is 0 Å². The Labute approximate surface area is 115 Å². The molecule has 0 bridgehead atoms. The van der Waals surface area contributed by atoms with Gasteiger partial charge in [-0.3, -0.25) is 0 Å². The highest BCUT2D eigenvalue weighted by molar-refractivity contribution is 5.49. The fraction of sp³-hybridized carbons (Fsp3) is 0.500. The second-order valence-corrected chi connectivity index (χ2v) is 4.46. The molecule has 3 heterocycles. The lowest BCUT2D eigenvalue weighted by Crippen LogP contribution is -2.18. The first-order chi connectivity index (χ1) is 9.80. The summed E-state index contributed by atoms with van der Waals surface area (Å²) in [7, 11) is 1.53. The predicted octanol–water partition coefficient (Wildman–Crippen LogP) is 0.714. The summed E-state index contributed by atoms with van der Waals surface area (Å²) in [6.07, 6.45) is 3.00. The Hall–Kier alpha value is -2.06. The number of rotatable bonds is 4. The van der Waals surface area contributed by atoms with Crippen LogP contribution in [-0.4, -0.2) is 39.9 Å². The molecule has 20 heavy (non-hydrogen) atoms. The van der Waals surface area contributed by atoms with Crippen molar-refractivity contribution in [2.24, 2.45) is 5.73 Å². The van der Waals surface area contributed by atoms with E-state index in [1.54, 1.807) is 6.07 Å². The van der Waals surface area contributed by atoms with Gasteiger partial charge < -0.3 is 19.7 Å². The molecule has 1 aliphatic heterocycles. The van der Waals surface area contributed by atoms with Crippen molar-refractivity contribution in [3.63, 3.8) is 0 Å². The summed E-state index contributed by atoms with van der Waals surface area (Å²) in [5, 5.41) is 3.91.